The fraction of sp³-hybridized carbons (Fsp3) is 0.944. The fourth-order valence-corrected chi connectivity index (χ4v) is 12.4. The molecule has 3 N–H and O–H groups in total. The van der Waals surface area contributed by atoms with Crippen molar-refractivity contribution in [1.29, 1.82) is 0 Å². The van der Waals surface area contributed by atoms with Gasteiger partial charge in [0.25, 0.3) is 0 Å². The van der Waals surface area contributed by atoms with Gasteiger partial charge in [0.05, 0.1) is 26.4 Å². The maximum Gasteiger partial charge on any atom is 0.472 e. The number of phosphoric ester groups is 2. The molecule has 0 fully saturated rings. The van der Waals surface area contributed by atoms with Gasteiger partial charge < -0.3 is 33.8 Å². The quantitative estimate of drug-likeness (QED) is 0.0222. The number of ether oxygens (including phenoxy) is 4. The maximum atomic E-state index is 13.0. The Labute approximate surface area is 549 Å². The average Bonchev–Trinajstić information content (AvgIpc) is 3.02. The summed E-state index contributed by atoms with van der Waals surface area (Å²) in [7, 11) is -9.90. The van der Waals surface area contributed by atoms with Gasteiger partial charge in [0.1, 0.15) is 19.3 Å². The summed E-state index contributed by atoms with van der Waals surface area (Å²) in [6.07, 6.45) is 51.2. The second kappa shape index (κ2) is 64.4. The van der Waals surface area contributed by atoms with Crippen LogP contribution < -0.4 is 0 Å². The van der Waals surface area contributed by atoms with Crippen LogP contribution in [-0.2, 0) is 65.4 Å². The molecule has 19 heteroatoms. The minimum absolute atomic E-state index is 0.107. The Morgan fingerprint density at radius 3 is 0.756 bits per heavy atom. The highest BCUT2D eigenvalue weighted by Gasteiger charge is 2.30. The van der Waals surface area contributed by atoms with Crippen LogP contribution in [0.2, 0.25) is 0 Å². The van der Waals surface area contributed by atoms with E-state index < -0.39 is 97.5 Å². The molecule has 534 valence electrons. The van der Waals surface area contributed by atoms with E-state index in [4.69, 9.17) is 37.0 Å². The lowest BCUT2D eigenvalue weighted by atomic mass is 10.0. The molecule has 0 aliphatic carbocycles. The number of hydrogen-bond donors (Lipinski definition) is 3. The highest BCUT2D eigenvalue weighted by atomic mass is 31.2. The third-order valence-electron chi connectivity index (χ3n) is 16.5. The minimum Gasteiger partial charge on any atom is -0.462 e. The van der Waals surface area contributed by atoms with Crippen LogP contribution >= 0.6 is 15.6 Å². The summed E-state index contributed by atoms with van der Waals surface area (Å²) in [5.74, 6) is -1.35. The second-order valence-electron chi connectivity index (χ2n) is 26.1. The first-order chi connectivity index (χ1) is 43.5. The van der Waals surface area contributed by atoms with Gasteiger partial charge in [0.2, 0.25) is 0 Å². The molecule has 5 atom stereocenters. The van der Waals surface area contributed by atoms with Gasteiger partial charge in [-0.2, -0.15) is 0 Å². The summed E-state index contributed by atoms with van der Waals surface area (Å²) < 4.78 is 68.3. The molecule has 0 bridgehead atoms. The van der Waals surface area contributed by atoms with Crippen LogP contribution in [0.15, 0.2) is 0 Å². The molecule has 0 spiro atoms. The number of carbonyl (C=O) groups excluding carboxylic acids is 4. The Morgan fingerprint density at radius 2 is 0.511 bits per heavy atom. The molecule has 0 rings (SSSR count). The molecular weight excluding hydrogens is 1190 g/mol. The van der Waals surface area contributed by atoms with Crippen LogP contribution in [0.1, 0.15) is 369 Å². The van der Waals surface area contributed by atoms with Gasteiger partial charge in [-0.1, -0.05) is 317 Å². The van der Waals surface area contributed by atoms with Crippen LogP contribution in [0, 0.1) is 5.92 Å². The zero-order chi connectivity index (χ0) is 66.3. The first-order valence-corrected chi connectivity index (χ1v) is 40.1. The normalized spacial score (nSPS) is 14.1. The van der Waals surface area contributed by atoms with Gasteiger partial charge in [0.15, 0.2) is 12.2 Å². The van der Waals surface area contributed by atoms with Gasteiger partial charge in [0, 0.05) is 25.7 Å². The number of unbranched alkanes of at least 4 members (excludes halogenated alkanes) is 43. The lowest BCUT2D eigenvalue weighted by Gasteiger charge is -2.21. The minimum atomic E-state index is -4.95. The Balaban J connectivity index is 5.23. The van der Waals surface area contributed by atoms with Crippen molar-refractivity contribution in [2.45, 2.75) is 387 Å². The number of phosphoric acid groups is 2. The van der Waals surface area contributed by atoms with Crippen molar-refractivity contribution >= 4 is 39.5 Å². The summed E-state index contributed by atoms with van der Waals surface area (Å²) in [5.41, 5.74) is 0. The molecule has 0 aromatic heterocycles. The van der Waals surface area contributed by atoms with Crippen molar-refractivity contribution in [2.24, 2.45) is 5.92 Å². The third kappa shape index (κ3) is 64.8. The topological polar surface area (TPSA) is 237 Å². The zero-order valence-corrected chi connectivity index (χ0v) is 60.1. The maximum absolute atomic E-state index is 13.0. The van der Waals surface area contributed by atoms with Crippen molar-refractivity contribution in [3.63, 3.8) is 0 Å². The van der Waals surface area contributed by atoms with E-state index in [9.17, 15) is 43.2 Å². The van der Waals surface area contributed by atoms with Gasteiger partial charge in [-0.3, -0.25) is 37.3 Å². The van der Waals surface area contributed by atoms with E-state index in [1.165, 1.54) is 193 Å². The number of carbonyl (C=O) groups is 4. The Morgan fingerprint density at radius 1 is 0.300 bits per heavy atom. The Hall–Kier alpha value is -1.94. The van der Waals surface area contributed by atoms with Gasteiger partial charge in [-0.25, -0.2) is 9.13 Å². The molecule has 0 aromatic rings. The van der Waals surface area contributed by atoms with Crippen LogP contribution in [-0.4, -0.2) is 96.7 Å². The van der Waals surface area contributed by atoms with Crippen molar-refractivity contribution in [3.8, 4) is 0 Å². The highest BCUT2D eigenvalue weighted by molar-refractivity contribution is 7.47. The molecule has 0 heterocycles. The van der Waals surface area contributed by atoms with Crippen molar-refractivity contribution < 1.29 is 80.2 Å². The molecule has 90 heavy (non-hydrogen) atoms. The summed E-state index contributed by atoms with van der Waals surface area (Å²) in [6.45, 7) is 7.25. The molecule has 0 aromatic carbocycles. The average molecular weight is 1330 g/mol. The monoisotopic (exact) mass is 1320 g/mol. The van der Waals surface area contributed by atoms with Crippen molar-refractivity contribution in [2.75, 3.05) is 39.6 Å². The summed E-state index contributed by atoms with van der Waals surface area (Å²) in [6, 6.07) is 0. The van der Waals surface area contributed by atoms with Crippen LogP contribution in [0.4, 0.5) is 0 Å². The van der Waals surface area contributed by atoms with E-state index in [2.05, 4.69) is 34.6 Å². The van der Waals surface area contributed by atoms with Gasteiger partial charge in [-0.15, -0.1) is 0 Å². The van der Waals surface area contributed by atoms with E-state index in [0.29, 0.717) is 25.7 Å². The third-order valence-corrected chi connectivity index (χ3v) is 18.4. The fourth-order valence-electron chi connectivity index (χ4n) is 10.8. The van der Waals surface area contributed by atoms with Crippen molar-refractivity contribution in [3.05, 3.63) is 0 Å². The second-order valence-corrected chi connectivity index (χ2v) is 29.0. The highest BCUT2D eigenvalue weighted by Crippen LogP contribution is 2.45. The molecule has 2 unspecified atom stereocenters. The molecule has 0 radical (unpaired) electrons. The van der Waals surface area contributed by atoms with Gasteiger partial charge >= 0.3 is 39.5 Å². The number of esters is 4. The molecule has 17 nitrogen and oxygen atoms in total. The molecule has 0 amide bonds. The first kappa shape index (κ1) is 88.1. The summed E-state index contributed by atoms with van der Waals surface area (Å²) >= 11 is 0. The Kier molecular flexibility index (Phi) is 63.0. The SMILES string of the molecule is CCCCCCCCCCCCCCCCCCC(=O)O[C@H](COC(=O)CCCCCCCCCCCCCC(C)C)COP(=O)(O)OC[C@@H](O)COP(=O)(O)OC[C@@H](COC(=O)CCCCCCCCCCC)OC(=O)CCCCCCCCCCCCC. The first-order valence-electron chi connectivity index (χ1n) is 37.1. The lowest BCUT2D eigenvalue weighted by Crippen LogP contribution is -2.30. The number of aliphatic hydroxyl groups is 1. The van der Waals surface area contributed by atoms with Crippen LogP contribution in [0.5, 0.6) is 0 Å². The van der Waals surface area contributed by atoms with E-state index in [1.807, 2.05) is 0 Å². The standard InChI is InChI=1S/C71H138O17P2/c1-6-9-12-15-18-21-23-24-25-26-27-31-37-42-47-52-57-71(76)88-67(61-82-69(74)55-50-45-40-35-32-28-30-34-38-43-48-53-64(4)5)63-86-90(79,80)84-59-65(72)58-83-89(77,78)85-62-66(60-81-68(73)54-49-44-39-33-20-17-14-11-8-3)87-70(75)56-51-46-41-36-29-22-19-16-13-10-7-2/h64-67,72H,6-63H2,1-5H3,(H,77,78)(H,79,80)/t65-,66+,67+/m0/s1. The van der Waals surface area contributed by atoms with Gasteiger partial charge in [-0.05, 0) is 31.6 Å². The molecule has 0 aliphatic heterocycles. The molecular formula is C71H138O17P2. The molecule has 0 aliphatic rings. The van der Waals surface area contributed by atoms with E-state index in [1.54, 1.807) is 0 Å². The Bertz CT molecular complexity index is 1740. The van der Waals surface area contributed by atoms with Crippen LogP contribution in [0.25, 0.3) is 0 Å². The van der Waals surface area contributed by atoms with Crippen molar-refractivity contribution in [1.82, 2.24) is 0 Å². The summed E-state index contributed by atoms with van der Waals surface area (Å²) in [5, 5.41) is 10.6. The number of aliphatic hydroxyl groups excluding tert-OH is 1. The zero-order valence-electron chi connectivity index (χ0n) is 58.3. The number of hydrogen-bond acceptors (Lipinski definition) is 15. The molecule has 0 saturated heterocycles. The van der Waals surface area contributed by atoms with E-state index >= 15 is 0 Å². The smallest absolute Gasteiger partial charge is 0.462 e. The van der Waals surface area contributed by atoms with Crippen LogP contribution in [0.3, 0.4) is 0 Å². The summed E-state index contributed by atoms with van der Waals surface area (Å²) in [4.78, 5) is 72.5. The lowest BCUT2D eigenvalue weighted by molar-refractivity contribution is -0.161. The van der Waals surface area contributed by atoms with E-state index in [0.717, 1.165) is 95.8 Å². The predicted molar refractivity (Wildman–Crippen MR) is 363 cm³/mol. The number of rotatable bonds is 71. The van der Waals surface area contributed by atoms with E-state index in [-0.39, 0.29) is 25.7 Å². The predicted octanol–water partition coefficient (Wildman–Crippen LogP) is 20.5. The largest absolute Gasteiger partial charge is 0.472 e. The molecule has 0 saturated carbocycles.